The standard InChI is InChI=1S/C22H26BrNO/c23-19-5-1-3-17(13-19)15-25-20-10-8-18(9-11-20)21-14-22(21)24-12-2-4-16-6-7-16/h1,3,5,8-11,13,16,21-22,24H,2,4,6-7,12,14-15H2/t21?,22-/m0/s1. The number of nitrogens with one attached hydrogen (secondary N) is 1. The van der Waals surface area contributed by atoms with E-state index in [9.17, 15) is 0 Å². The van der Waals surface area contributed by atoms with Gasteiger partial charge in [-0.2, -0.15) is 0 Å². The summed E-state index contributed by atoms with van der Waals surface area (Å²) in [7, 11) is 0. The van der Waals surface area contributed by atoms with E-state index in [1.54, 1.807) is 0 Å². The van der Waals surface area contributed by atoms with Gasteiger partial charge in [0.05, 0.1) is 0 Å². The molecule has 1 unspecified atom stereocenters. The zero-order valence-electron chi connectivity index (χ0n) is 14.6. The van der Waals surface area contributed by atoms with Gasteiger partial charge in [-0.25, -0.2) is 0 Å². The molecule has 0 aliphatic heterocycles. The molecule has 2 fully saturated rings. The van der Waals surface area contributed by atoms with Gasteiger partial charge in [0.1, 0.15) is 12.4 Å². The fourth-order valence-electron chi connectivity index (χ4n) is 3.48. The first-order valence-corrected chi connectivity index (χ1v) is 10.3. The van der Waals surface area contributed by atoms with Gasteiger partial charge >= 0.3 is 0 Å². The lowest BCUT2D eigenvalue weighted by Crippen LogP contribution is -2.19. The molecule has 2 aliphatic carbocycles. The summed E-state index contributed by atoms with van der Waals surface area (Å²) in [6, 6.07) is 17.6. The van der Waals surface area contributed by atoms with E-state index >= 15 is 0 Å². The SMILES string of the molecule is Brc1cccc(COc2ccc(C3C[C@@H]3NCCCC3CC3)cc2)c1. The number of benzene rings is 2. The summed E-state index contributed by atoms with van der Waals surface area (Å²) in [5.41, 5.74) is 2.62. The minimum atomic E-state index is 0.605. The van der Waals surface area contributed by atoms with Crippen LogP contribution >= 0.6 is 15.9 Å². The molecule has 25 heavy (non-hydrogen) atoms. The lowest BCUT2D eigenvalue weighted by molar-refractivity contribution is 0.306. The van der Waals surface area contributed by atoms with E-state index in [1.807, 2.05) is 12.1 Å². The van der Waals surface area contributed by atoms with Crippen LogP contribution in [0.15, 0.2) is 53.0 Å². The van der Waals surface area contributed by atoms with Gasteiger partial charge in [0, 0.05) is 16.4 Å². The Balaban J connectivity index is 1.20. The highest BCUT2D eigenvalue weighted by molar-refractivity contribution is 9.10. The second-order valence-electron chi connectivity index (χ2n) is 7.48. The van der Waals surface area contributed by atoms with E-state index in [4.69, 9.17) is 4.74 Å². The first-order valence-electron chi connectivity index (χ1n) is 9.48. The fourth-order valence-corrected chi connectivity index (χ4v) is 3.93. The Hall–Kier alpha value is -1.32. The summed E-state index contributed by atoms with van der Waals surface area (Å²) in [5.74, 6) is 2.69. The number of hydrogen-bond acceptors (Lipinski definition) is 2. The summed E-state index contributed by atoms with van der Waals surface area (Å²) in [4.78, 5) is 0. The summed E-state index contributed by atoms with van der Waals surface area (Å²) in [6.45, 7) is 1.79. The third kappa shape index (κ3) is 5.08. The van der Waals surface area contributed by atoms with Gasteiger partial charge in [-0.3, -0.25) is 0 Å². The van der Waals surface area contributed by atoms with Gasteiger partial charge in [-0.15, -0.1) is 0 Å². The molecule has 0 heterocycles. The Morgan fingerprint density at radius 3 is 2.68 bits per heavy atom. The number of halogens is 1. The molecule has 0 spiro atoms. The van der Waals surface area contributed by atoms with E-state index in [1.165, 1.54) is 49.8 Å². The molecule has 1 N–H and O–H groups in total. The van der Waals surface area contributed by atoms with Crippen LogP contribution < -0.4 is 10.1 Å². The van der Waals surface area contributed by atoms with Gasteiger partial charge in [0.2, 0.25) is 0 Å². The zero-order chi connectivity index (χ0) is 17.1. The van der Waals surface area contributed by atoms with E-state index < -0.39 is 0 Å². The predicted molar refractivity (Wildman–Crippen MR) is 106 cm³/mol. The Labute approximate surface area is 159 Å². The van der Waals surface area contributed by atoms with E-state index in [-0.39, 0.29) is 0 Å². The quantitative estimate of drug-likeness (QED) is 0.548. The average molecular weight is 400 g/mol. The Morgan fingerprint density at radius 2 is 1.92 bits per heavy atom. The summed E-state index contributed by atoms with van der Waals surface area (Å²) >= 11 is 3.50. The molecule has 2 atom stereocenters. The van der Waals surface area contributed by atoms with Crippen molar-refractivity contribution in [3.8, 4) is 5.75 Å². The summed E-state index contributed by atoms with van der Waals surface area (Å²) < 4.78 is 6.99. The first kappa shape index (κ1) is 17.1. The minimum Gasteiger partial charge on any atom is -0.489 e. The van der Waals surface area contributed by atoms with Gasteiger partial charge in [-0.1, -0.05) is 53.0 Å². The molecular weight excluding hydrogens is 374 g/mol. The molecule has 0 saturated heterocycles. The lowest BCUT2D eigenvalue weighted by atomic mass is 10.1. The maximum atomic E-state index is 5.90. The van der Waals surface area contributed by atoms with Gasteiger partial charge in [0.25, 0.3) is 0 Å². The van der Waals surface area contributed by atoms with Crippen LogP contribution in [0.25, 0.3) is 0 Å². The molecule has 4 rings (SSSR count). The van der Waals surface area contributed by atoms with Crippen LogP contribution in [0.2, 0.25) is 0 Å². The third-order valence-electron chi connectivity index (χ3n) is 5.29. The second-order valence-corrected chi connectivity index (χ2v) is 8.39. The lowest BCUT2D eigenvalue weighted by Gasteiger charge is -2.08. The van der Waals surface area contributed by atoms with E-state index in [0.717, 1.165) is 16.1 Å². The molecule has 0 radical (unpaired) electrons. The molecular formula is C22H26BrNO. The van der Waals surface area contributed by atoms with Gasteiger partial charge in [0.15, 0.2) is 0 Å². The highest BCUT2D eigenvalue weighted by Crippen LogP contribution is 2.41. The van der Waals surface area contributed by atoms with Crippen LogP contribution in [-0.4, -0.2) is 12.6 Å². The molecule has 0 amide bonds. The smallest absolute Gasteiger partial charge is 0.119 e. The molecule has 2 aliphatic rings. The van der Waals surface area contributed by atoms with Crippen molar-refractivity contribution in [2.24, 2.45) is 5.92 Å². The molecule has 0 aromatic heterocycles. The van der Waals surface area contributed by atoms with Crippen molar-refractivity contribution in [2.45, 2.75) is 50.7 Å². The molecule has 132 valence electrons. The van der Waals surface area contributed by atoms with Crippen LogP contribution in [0, 0.1) is 5.92 Å². The van der Waals surface area contributed by atoms with Crippen molar-refractivity contribution in [3.05, 3.63) is 64.1 Å². The topological polar surface area (TPSA) is 21.3 Å². The Morgan fingerprint density at radius 1 is 1.08 bits per heavy atom. The van der Waals surface area contributed by atoms with Crippen molar-refractivity contribution >= 4 is 15.9 Å². The van der Waals surface area contributed by atoms with E-state index in [0.29, 0.717) is 18.6 Å². The van der Waals surface area contributed by atoms with E-state index in [2.05, 4.69) is 57.6 Å². The van der Waals surface area contributed by atoms with Crippen molar-refractivity contribution in [2.75, 3.05) is 6.54 Å². The van der Waals surface area contributed by atoms with Crippen LogP contribution in [0.3, 0.4) is 0 Å². The summed E-state index contributed by atoms with van der Waals surface area (Å²) in [6.07, 6.45) is 7.00. The molecule has 3 heteroatoms. The van der Waals surface area contributed by atoms with Crippen LogP contribution in [0.4, 0.5) is 0 Å². The second kappa shape index (κ2) is 7.92. The normalized spacial score (nSPS) is 22.0. The Bertz CT molecular complexity index is 695. The van der Waals surface area contributed by atoms with Crippen molar-refractivity contribution < 1.29 is 4.74 Å². The molecule has 2 aromatic carbocycles. The number of rotatable bonds is 9. The highest BCUT2D eigenvalue weighted by Gasteiger charge is 2.37. The zero-order valence-corrected chi connectivity index (χ0v) is 16.2. The molecule has 2 aromatic rings. The minimum absolute atomic E-state index is 0.605. The predicted octanol–water partition coefficient (Wildman–Crippen LogP) is 5.66. The van der Waals surface area contributed by atoms with Crippen LogP contribution in [-0.2, 0) is 6.61 Å². The summed E-state index contributed by atoms with van der Waals surface area (Å²) in [5, 5.41) is 3.72. The molecule has 2 nitrogen and oxygen atoms in total. The maximum absolute atomic E-state index is 5.90. The average Bonchev–Trinajstić information content (AvgIpc) is 3.53. The van der Waals surface area contributed by atoms with Gasteiger partial charge < -0.3 is 10.1 Å². The maximum Gasteiger partial charge on any atom is 0.119 e. The largest absolute Gasteiger partial charge is 0.489 e. The molecule has 0 bridgehead atoms. The van der Waals surface area contributed by atoms with Crippen LogP contribution in [0.5, 0.6) is 5.75 Å². The molecule has 2 saturated carbocycles. The van der Waals surface area contributed by atoms with Crippen molar-refractivity contribution in [1.82, 2.24) is 5.32 Å². The fraction of sp³-hybridized carbons (Fsp3) is 0.455. The van der Waals surface area contributed by atoms with Crippen molar-refractivity contribution in [3.63, 3.8) is 0 Å². The highest BCUT2D eigenvalue weighted by atomic mass is 79.9. The number of hydrogen-bond donors (Lipinski definition) is 1. The van der Waals surface area contributed by atoms with Crippen LogP contribution in [0.1, 0.15) is 49.1 Å². The third-order valence-corrected chi connectivity index (χ3v) is 5.78. The Kier molecular flexibility index (Phi) is 5.42. The van der Waals surface area contributed by atoms with Gasteiger partial charge in [-0.05, 0) is 67.1 Å². The number of ether oxygens (including phenoxy) is 1. The first-order chi connectivity index (χ1) is 12.3. The van der Waals surface area contributed by atoms with Crippen molar-refractivity contribution in [1.29, 1.82) is 0 Å². The monoisotopic (exact) mass is 399 g/mol.